The number of fused-ring (bicyclic) bond motifs is 12. The number of hydrogen-bond donors (Lipinski definition) is 0. The molecule has 0 fully saturated rings. The Bertz CT molecular complexity index is 5150. The van der Waals surface area contributed by atoms with Gasteiger partial charge in [0, 0.05) is 88.7 Å². The fourth-order valence-electron chi connectivity index (χ4n) is 11.5. The van der Waals surface area contributed by atoms with Gasteiger partial charge in [0.05, 0.1) is 22.1 Å². The molecule has 0 aliphatic heterocycles. The Kier molecular flexibility index (Phi) is 11.0. The summed E-state index contributed by atoms with van der Waals surface area (Å²) in [5, 5.41) is 9.13. The molecule has 0 atom stereocenters. The number of rotatable bonds is 7. The molecule has 0 radical (unpaired) electrons. The normalized spacial score (nSPS) is 11.7. The zero-order chi connectivity index (χ0) is 54.1. The maximum absolute atomic E-state index is 6.28. The summed E-state index contributed by atoms with van der Waals surface area (Å²) in [4.78, 5) is 29.5. The van der Waals surface area contributed by atoms with Gasteiger partial charge in [-0.2, -0.15) is 9.97 Å². The molecule has 0 bridgehead atoms. The summed E-state index contributed by atoms with van der Waals surface area (Å²) < 4.78 is 17.0. The first-order chi connectivity index (χ1) is 40.6. The van der Waals surface area contributed by atoms with E-state index in [0.29, 0.717) is 35.1 Å². The van der Waals surface area contributed by atoms with Crippen LogP contribution >= 0.6 is 0 Å². The van der Waals surface area contributed by atoms with E-state index in [0.717, 1.165) is 110 Å². The van der Waals surface area contributed by atoms with Crippen molar-refractivity contribution in [2.75, 3.05) is 0 Å². The van der Waals surface area contributed by atoms with Crippen molar-refractivity contribution in [3.8, 4) is 68.6 Å². The molecule has 10 heteroatoms. The van der Waals surface area contributed by atoms with E-state index < -0.39 is 0 Å². The van der Waals surface area contributed by atoms with Crippen LogP contribution in [0, 0.1) is 0 Å². The van der Waals surface area contributed by atoms with Gasteiger partial charge in [-0.25, -0.2) is 19.9 Å². The van der Waals surface area contributed by atoms with Crippen LogP contribution in [0.3, 0.4) is 0 Å². The van der Waals surface area contributed by atoms with Crippen LogP contribution in [0.15, 0.2) is 276 Å². The summed E-state index contributed by atoms with van der Waals surface area (Å²) in [6.07, 6.45) is 0. The van der Waals surface area contributed by atoms with Crippen molar-refractivity contribution in [2.24, 2.45) is 0 Å². The molecular weight excluding hydrogens is 1010 g/mol. The molecule has 0 saturated carbocycles. The largest absolute Gasteiger partial charge is 0.456 e. The van der Waals surface area contributed by atoms with Crippen LogP contribution in [0.5, 0.6) is 0 Å². The molecule has 17 rings (SSSR count). The zero-order valence-corrected chi connectivity index (χ0v) is 43.8. The number of aromatic nitrogens is 8. The van der Waals surface area contributed by atoms with Crippen LogP contribution in [0.4, 0.5) is 0 Å². The van der Waals surface area contributed by atoms with Gasteiger partial charge in [-0.05, 0) is 60.7 Å². The van der Waals surface area contributed by atoms with Crippen molar-refractivity contribution < 1.29 is 8.83 Å². The summed E-state index contributed by atoms with van der Waals surface area (Å²) in [6, 6.07) is 90.8. The number of hydrogen-bond acceptors (Lipinski definition) is 8. The lowest BCUT2D eigenvalue weighted by molar-refractivity contribution is 0.669. The number of nitrogens with zero attached hydrogens (tertiary/aromatic N) is 8. The number of furan rings is 2. The van der Waals surface area contributed by atoms with E-state index in [2.05, 4.69) is 124 Å². The fraction of sp³-hybridized carbons (Fsp3) is 0. The standard InChI is InChI=1S/C39H24N4O.C33H20N4O/c1-3-11-25(12-4-1)37-40-38(26-13-5-2-6-14-26)42-39(41-37)27-19-21-28(22-20-27)43-33-17-9-7-15-29(33)31-23-32-30-16-8-10-18-35(30)44-36(32)24-34(31)43;1-3-11-21(12-4-1)31-34-32(22-13-5-2-6-14-22)36-33(35-31)37-27-17-9-7-15-23(27)25-19-26-24-16-8-10-18-29(24)38-30(26)20-28(25)37/h1-24H;1-20H. The molecule has 0 spiro atoms. The first-order valence-corrected chi connectivity index (χ1v) is 27.2. The molecule has 0 aliphatic carbocycles. The molecule has 17 aromatic rings. The molecular formula is C72H44N8O2. The maximum atomic E-state index is 6.28. The highest BCUT2D eigenvalue weighted by Crippen LogP contribution is 2.41. The topological polar surface area (TPSA) is 113 Å². The summed E-state index contributed by atoms with van der Waals surface area (Å²) in [7, 11) is 0. The summed E-state index contributed by atoms with van der Waals surface area (Å²) in [5.41, 5.74) is 13.5. The molecule has 0 saturated heterocycles. The van der Waals surface area contributed by atoms with Gasteiger partial charge >= 0.3 is 0 Å². The van der Waals surface area contributed by atoms with Gasteiger partial charge in [-0.1, -0.05) is 194 Å². The van der Waals surface area contributed by atoms with E-state index in [1.165, 1.54) is 10.8 Å². The first-order valence-electron chi connectivity index (χ1n) is 27.2. The molecule has 6 heterocycles. The molecule has 11 aromatic carbocycles. The predicted octanol–water partition coefficient (Wildman–Crippen LogP) is 18.1. The molecule has 6 aromatic heterocycles. The molecule has 10 nitrogen and oxygen atoms in total. The van der Waals surface area contributed by atoms with Crippen LogP contribution in [0.2, 0.25) is 0 Å². The Hall–Kier alpha value is -11.4. The van der Waals surface area contributed by atoms with E-state index in [1.54, 1.807) is 0 Å². The number of benzene rings is 11. The van der Waals surface area contributed by atoms with Crippen molar-refractivity contribution in [2.45, 2.75) is 0 Å². The highest BCUT2D eigenvalue weighted by molar-refractivity contribution is 6.18. The quantitative estimate of drug-likeness (QED) is 0.155. The van der Waals surface area contributed by atoms with Crippen molar-refractivity contribution in [1.29, 1.82) is 0 Å². The second-order valence-corrected chi connectivity index (χ2v) is 20.2. The smallest absolute Gasteiger partial charge is 0.238 e. The highest BCUT2D eigenvalue weighted by Gasteiger charge is 2.21. The minimum Gasteiger partial charge on any atom is -0.456 e. The van der Waals surface area contributed by atoms with Gasteiger partial charge in [0.15, 0.2) is 29.1 Å². The van der Waals surface area contributed by atoms with Gasteiger partial charge in [-0.15, -0.1) is 0 Å². The van der Waals surface area contributed by atoms with Crippen LogP contribution in [0.1, 0.15) is 0 Å². The van der Waals surface area contributed by atoms with E-state index in [1.807, 2.05) is 152 Å². The third-order valence-electron chi connectivity index (χ3n) is 15.3. The Morgan fingerprint density at radius 2 is 0.549 bits per heavy atom. The lowest BCUT2D eigenvalue weighted by Gasteiger charge is -2.10. The predicted molar refractivity (Wildman–Crippen MR) is 330 cm³/mol. The monoisotopic (exact) mass is 1050 g/mol. The lowest BCUT2D eigenvalue weighted by Crippen LogP contribution is -2.06. The van der Waals surface area contributed by atoms with Crippen molar-refractivity contribution in [1.82, 2.24) is 39.0 Å². The van der Waals surface area contributed by atoms with E-state index in [4.69, 9.17) is 38.7 Å². The lowest BCUT2D eigenvalue weighted by atomic mass is 10.1. The van der Waals surface area contributed by atoms with E-state index >= 15 is 0 Å². The molecule has 0 unspecified atom stereocenters. The third kappa shape index (κ3) is 7.96. The zero-order valence-electron chi connectivity index (χ0n) is 43.8. The van der Waals surface area contributed by atoms with E-state index in [9.17, 15) is 0 Å². The van der Waals surface area contributed by atoms with Crippen LogP contribution in [-0.4, -0.2) is 39.0 Å². The fourth-order valence-corrected chi connectivity index (χ4v) is 11.5. The molecule has 0 N–H and O–H groups in total. The molecule has 82 heavy (non-hydrogen) atoms. The Balaban J connectivity index is 0.000000136. The second kappa shape index (κ2) is 19.2. The first kappa shape index (κ1) is 46.7. The Labute approximate surface area is 468 Å². The van der Waals surface area contributed by atoms with Gasteiger partial charge in [0.2, 0.25) is 5.95 Å². The minimum absolute atomic E-state index is 0.569. The minimum atomic E-state index is 0.569. The van der Waals surface area contributed by atoms with Gasteiger partial charge in [-0.3, -0.25) is 4.57 Å². The van der Waals surface area contributed by atoms with E-state index in [-0.39, 0.29) is 0 Å². The summed E-state index contributed by atoms with van der Waals surface area (Å²) in [6.45, 7) is 0. The average Bonchev–Trinajstić information content (AvgIpc) is 4.50. The molecule has 0 amide bonds. The van der Waals surface area contributed by atoms with Crippen molar-refractivity contribution in [3.05, 3.63) is 267 Å². The Morgan fingerprint density at radius 3 is 0.976 bits per heavy atom. The Morgan fingerprint density at radius 1 is 0.220 bits per heavy atom. The number of para-hydroxylation sites is 4. The SMILES string of the molecule is c1ccc(-c2nc(-c3ccccc3)nc(-c3ccc(-n4c5ccccc5c5cc6c(cc54)oc4ccccc46)cc3)n2)cc1.c1ccc(-c2nc(-c3ccccc3)nc(-n3c4ccccc4c4cc5c(cc43)oc3ccccc35)n2)cc1. The van der Waals surface area contributed by atoms with Crippen molar-refractivity contribution >= 4 is 87.5 Å². The van der Waals surface area contributed by atoms with Gasteiger partial charge < -0.3 is 13.4 Å². The van der Waals surface area contributed by atoms with Gasteiger partial charge in [0.25, 0.3) is 0 Å². The molecule has 384 valence electrons. The van der Waals surface area contributed by atoms with Crippen LogP contribution < -0.4 is 0 Å². The van der Waals surface area contributed by atoms with Gasteiger partial charge in [0.1, 0.15) is 22.3 Å². The second-order valence-electron chi connectivity index (χ2n) is 20.2. The maximum Gasteiger partial charge on any atom is 0.238 e. The molecule has 0 aliphatic rings. The van der Waals surface area contributed by atoms with Crippen LogP contribution in [-0.2, 0) is 0 Å². The summed E-state index contributed by atoms with van der Waals surface area (Å²) >= 11 is 0. The average molecular weight is 1050 g/mol. The summed E-state index contributed by atoms with van der Waals surface area (Å²) in [5.74, 6) is 3.76. The van der Waals surface area contributed by atoms with Crippen LogP contribution in [0.25, 0.3) is 156 Å². The van der Waals surface area contributed by atoms with Crippen molar-refractivity contribution in [3.63, 3.8) is 0 Å². The third-order valence-corrected chi connectivity index (χ3v) is 15.3. The highest BCUT2D eigenvalue weighted by atomic mass is 16.3.